The monoisotopic (exact) mass is 668 g/mol. The van der Waals surface area contributed by atoms with Gasteiger partial charge in [-0.2, -0.15) is 0 Å². The average Bonchev–Trinajstić information content (AvgIpc) is 0.650. The lowest BCUT2D eigenvalue weighted by molar-refractivity contribution is 6.89. The van der Waals surface area contributed by atoms with Gasteiger partial charge in [-0.3, -0.25) is 0 Å². The highest BCUT2D eigenvalue weighted by molar-refractivity contribution is 14.7. The van der Waals surface area contributed by atoms with Crippen molar-refractivity contribution in [2.24, 2.45) is 0 Å². The van der Waals surface area contributed by atoms with Crippen LogP contribution in [0, 0.1) is 0 Å². The summed E-state index contributed by atoms with van der Waals surface area (Å²) in [5, 5.41) is 0. The van der Waals surface area contributed by atoms with Gasteiger partial charge < -0.3 is 0 Å². The minimum atomic E-state index is -1.20. The molecule has 0 aromatic rings. The number of thiol groups is 1. The molecule has 0 bridgehead atoms. The lowest BCUT2D eigenvalue weighted by atomic mass is 32.0. The standard InChI is InChI=1S/HI5S/c1-6(2,3,4)5/h6H. The number of rotatable bonds is 0. The van der Waals surface area contributed by atoms with Crippen molar-refractivity contribution >= 4 is 101 Å². The van der Waals surface area contributed by atoms with E-state index in [1.165, 1.54) is 0 Å². The van der Waals surface area contributed by atoms with E-state index in [1.54, 1.807) is 0 Å². The second-order valence-electron chi connectivity index (χ2n) is 0.639. The van der Waals surface area contributed by atoms with Gasteiger partial charge in [0, 0.05) is 0 Å². The largest absolute Gasteiger partial charge is 0.0744 e. The Morgan fingerprint density at radius 2 is 0.667 bits per heavy atom. The van der Waals surface area contributed by atoms with Crippen molar-refractivity contribution in [2.75, 3.05) is 0 Å². The van der Waals surface area contributed by atoms with E-state index in [2.05, 4.69) is 106 Å². The summed E-state index contributed by atoms with van der Waals surface area (Å²) >= 11 is 12.4. The van der Waals surface area contributed by atoms with E-state index in [0.717, 1.165) is 0 Å². The van der Waals surface area contributed by atoms with E-state index < -0.39 is -4.98 Å². The van der Waals surface area contributed by atoms with Crippen LogP contribution in [-0.2, 0) is 0 Å². The van der Waals surface area contributed by atoms with Gasteiger partial charge in [-0.25, -0.2) is 0 Å². The molecule has 0 aromatic heterocycles. The average molecular weight is 668 g/mol. The van der Waals surface area contributed by atoms with Crippen LogP contribution in [0.25, 0.3) is 0 Å². The van der Waals surface area contributed by atoms with Gasteiger partial charge >= 0.3 is 0 Å². The van der Waals surface area contributed by atoms with Crippen molar-refractivity contribution in [1.82, 2.24) is 0 Å². The quantitative estimate of drug-likeness (QED) is 0.279. The normalized spacial score (nSPS) is 19.2. The second kappa shape index (κ2) is 2.94. The first kappa shape index (κ1) is 10.0. The molecule has 0 aliphatic rings. The van der Waals surface area contributed by atoms with E-state index in [0.29, 0.717) is 0 Å². The van der Waals surface area contributed by atoms with Crippen LogP contribution >= 0.6 is 101 Å². The Morgan fingerprint density at radius 1 is 0.667 bits per heavy atom. The molecule has 0 aliphatic heterocycles. The van der Waals surface area contributed by atoms with Gasteiger partial charge in [-0.05, 0) is 106 Å². The summed E-state index contributed by atoms with van der Waals surface area (Å²) in [6.45, 7) is 0. The first-order chi connectivity index (χ1) is 2.24. The summed E-state index contributed by atoms with van der Waals surface area (Å²) in [6, 6.07) is 0. The van der Waals surface area contributed by atoms with Gasteiger partial charge in [-0.15, -0.1) is 0 Å². The molecular weight excluding hydrogens is 667 g/mol. The maximum Gasteiger partial charge on any atom is -0.00796 e. The fraction of sp³-hybridized carbons (Fsp3) is 0. The zero-order valence-electron chi connectivity index (χ0n) is 2.34. The highest BCUT2D eigenvalue weighted by Crippen LogP contribution is 3.01. The predicted molar refractivity (Wildman–Crippen MR) is 79.1 cm³/mol. The molecule has 0 rings (SSSR count). The molecule has 6 heavy (non-hydrogen) atoms. The summed E-state index contributed by atoms with van der Waals surface area (Å²) in [5.41, 5.74) is 0. The van der Waals surface area contributed by atoms with Crippen LogP contribution < -0.4 is 0 Å². The van der Waals surface area contributed by atoms with E-state index in [1.807, 2.05) is 0 Å². The zero-order chi connectivity index (χ0) is 5.45. The van der Waals surface area contributed by atoms with Crippen LogP contribution in [-0.4, -0.2) is 0 Å². The molecule has 0 atom stereocenters. The molecule has 42 valence electrons. The molecule has 0 spiro atoms. The van der Waals surface area contributed by atoms with Gasteiger partial charge in [0.1, 0.15) is 0 Å². The lowest BCUT2D eigenvalue weighted by Gasteiger charge is -2.28. The molecule has 0 aliphatic carbocycles. The van der Waals surface area contributed by atoms with Gasteiger partial charge in [0.05, 0.1) is 0 Å². The van der Waals surface area contributed by atoms with Crippen molar-refractivity contribution in [3.63, 3.8) is 0 Å². The van der Waals surface area contributed by atoms with Crippen molar-refractivity contribution in [3.8, 4) is 0 Å². The van der Waals surface area contributed by atoms with E-state index in [4.69, 9.17) is 0 Å². The molecule has 0 amide bonds. The number of halogens is 5. The predicted octanol–water partition coefficient (Wildman–Crippen LogP) is 4.81. The Balaban J connectivity index is 3.73. The maximum absolute atomic E-state index is 2.49. The van der Waals surface area contributed by atoms with Crippen LogP contribution in [0.5, 0.6) is 0 Å². The summed E-state index contributed by atoms with van der Waals surface area (Å²) < 4.78 is -1.20. The summed E-state index contributed by atoms with van der Waals surface area (Å²) in [6.07, 6.45) is 0. The van der Waals surface area contributed by atoms with Crippen molar-refractivity contribution in [1.29, 1.82) is 0 Å². The molecule has 0 heterocycles. The third-order valence-corrected chi connectivity index (χ3v) is 0. The smallest absolute Gasteiger partial charge is 0.00796 e. The highest BCUT2D eigenvalue weighted by Gasteiger charge is 2.20. The molecule has 0 fully saturated rings. The fourth-order valence-electron chi connectivity index (χ4n) is 0. The topological polar surface area (TPSA) is 0 Å². The Bertz CT molecular complexity index is 37.1. The van der Waals surface area contributed by atoms with E-state index in [9.17, 15) is 0 Å². The molecule has 0 unspecified atom stereocenters. The van der Waals surface area contributed by atoms with Crippen molar-refractivity contribution in [2.45, 2.75) is 0 Å². The minimum Gasteiger partial charge on any atom is -0.0744 e. The summed E-state index contributed by atoms with van der Waals surface area (Å²) in [4.78, 5) is 0. The van der Waals surface area contributed by atoms with Crippen molar-refractivity contribution in [3.05, 3.63) is 0 Å². The number of hydrogen-bond donors (Lipinski definition) is 1. The molecule has 0 N–H and O–H groups in total. The van der Waals surface area contributed by atoms with Crippen LogP contribution in [0.2, 0.25) is 0 Å². The lowest BCUT2D eigenvalue weighted by Crippen LogP contribution is -1.47. The third kappa shape index (κ3) is 24.5. The van der Waals surface area contributed by atoms with Crippen LogP contribution in [0.3, 0.4) is 0 Å². The first-order valence-electron chi connectivity index (χ1n) is 0.845. The molecule has 0 aromatic carbocycles. The molecule has 0 saturated heterocycles. The van der Waals surface area contributed by atoms with Gasteiger partial charge in [0.25, 0.3) is 0 Å². The zero-order valence-corrected chi connectivity index (χ0v) is 14.0. The molecular formula is HI5S. The van der Waals surface area contributed by atoms with Gasteiger partial charge in [0.15, 0.2) is 0 Å². The molecule has 6 heteroatoms. The molecule has 0 nitrogen and oxygen atoms in total. The van der Waals surface area contributed by atoms with Crippen LogP contribution in [0.4, 0.5) is 0 Å². The van der Waals surface area contributed by atoms with Gasteiger partial charge in [-0.1, -0.05) is -4.98 Å². The van der Waals surface area contributed by atoms with E-state index >= 15 is 0 Å². The SMILES string of the molecule is I[SH](I)(I)(I)I. The maximum atomic E-state index is 2.49. The first-order valence-corrected chi connectivity index (χ1v) is 17.0. The van der Waals surface area contributed by atoms with Crippen LogP contribution in [0.15, 0.2) is 0 Å². The Morgan fingerprint density at radius 3 is 0.667 bits per heavy atom. The second-order valence-corrected chi connectivity index (χ2v) is 86.2. The van der Waals surface area contributed by atoms with Gasteiger partial charge in [0.2, 0.25) is 0 Å². The van der Waals surface area contributed by atoms with E-state index in [-0.39, 0.29) is 0 Å². The minimum absolute atomic E-state index is 1.20. The van der Waals surface area contributed by atoms with Crippen molar-refractivity contribution < 1.29 is 0 Å². The summed E-state index contributed by atoms with van der Waals surface area (Å²) in [5.74, 6) is 0. The number of hydrogen-bond acceptors (Lipinski definition) is 0. The Labute approximate surface area is 97.9 Å². The molecule has 0 saturated carbocycles. The molecule has 0 radical (unpaired) electrons. The van der Waals surface area contributed by atoms with Crippen LogP contribution in [0.1, 0.15) is 0 Å². The fourth-order valence-corrected chi connectivity index (χ4v) is 0. The Kier molecular flexibility index (Phi) is 4.90. The third-order valence-electron chi connectivity index (χ3n) is 0. The Hall–Kier alpha value is 4.00. The summed E-state index contributed by atoms with van der Waals surface area (Å²) in [7, 11) is 0. The highest BCUT2D eigenvalue weighted by atomic mass is 127.